The smallest absolute Gasteiger partial charge is 0.176 e. The van der Waals surface area contributed by atoms with Gasteiger partial charge in [0, 0.05) is 5.56 Å². The summed E-state index contributed by atoms with van der Waals surface area (Å²) in [5.74, 6) is 0.0263. The van der Waals surface area contributed by atoms with Crippen LogP contribution >= 0.6 is 23.2 Å². The number of carbonyl (C=O) groups excluding carboxylic acids is 1. The van der Waals surface area contributed by atoms with Crippen LogP contribution in [0.5, 0.6) is 0 Å². The molecule has 5 heteroatoms. The molecule has 1 rings (SSSR count). The van der Waals surface area contributed by atoms with E-state index in [4.69, 9.17) is 23.2 Å². The molecule has 0 aliphatic heterocycles. The Kier molecular flexibility index (Phi) is 6.65. The van der Waals surface area contributed by atoms with Gasteiger partial charge >= 0.3 is 0 Å². The van der Waals surface area contributed by atoms with E-state index < -0.39 is 0 Å². The Balaban J connectivity index is 2.34. The summed E-state index contributed by atoms with van der Waals surface area (Å²) in [7, 11) is 4.06. The maximum atomic E-state index is 11.8. The first kappa shape index (κ1) is 15.4. The molecule has 3 nitrogen and oxygen atoms in total. The molecular formula is C13H18Cl2N2O. The summed E-state index contributed by atoms with van der Waals surface area (Å²) in [6.45, 7) is 2.16. The molecule has 18 heavy (non-hydrogen) atoms. The summed E-state index contributed by atoms with van der Waals surface area (Å²) < 4.78 is 0. The minimum Gasteiger partial charge on any atom is -0.310 e. The Hall–Kier alpha value is -0.610. The van der Waals surface area contributed by atoms with Gasteiger partial charge in [0.05, 0.1) is 16.6 Å². The summed E-state index contributed by atoms with van der Waals surface area (Å²) in [5, 5.41) is 4.00. The minimum atomic E-state index is 0.0263. The first-order chi connectivity index (χ1) is 8.50. The number of benzene rings is 1. The number of ketones is 1. The van der Waals surface area contributed by atoms with Crippen LogP contribution in [0.4, 0.5) is 0 Å². The lowest BCUT2D eigenvalue weighted by Gasteiger charge is -2.09. The third-order valence-electron chi connectivity index (χ3n) is 2.49. The van der Waals surface area contributed by atoms with E-state index in [2.05, 4.69) is 10.2 Å². The van der Waals surface area contributed by atoms with Gasteiger partial charge in [0.2, 0.25) is 0 Å². The fraction of sp³-hybridized carbons (Fsp3) is 0.462. The molecule has 0 aliphatic rings. The highest BCUT2D eigenvalue weighted by Crippen LogP contribution is 2.22. The third kappa shape index (κ3) is 5.36. The molecule has 0 atom stereocenters. The van der Waals surface area contributed by atoms with Crippen LogP contribution in [0.3, 0.4) is 0 Å². The fourth-order valence-electron chi connectivity index (χ4n) is 1.49. The number of hydrogen-bond donors (Lipinski definition) is 1. The van der Waals surface area contributed by atoms with Crippen molar-refractivity contribution in [1.29, 1.82) is 0 Å². The fourth-order valence-corrected chi connectivity index (χ4v) is 1.79. The standard InChI is InChI=1S/C13H18Cl2N2O/c1-17(2)7-3-6-16-9-13(18)10-4-5-11(14)12(15)8-10/h4-5,8,16H,3,6-7,9H2,1-2H3. The van der Waals surface area contributed by atoms with E-state index in [0.29, 0.717) is 22.2 Å². The van der Waals surface area contributed by atoms with Crippen molar-refractivity contribution in [2.24, 2.45) is 0 Å². The number of nitrogens with zero attached hydrogens (tertiary/aromatic N) is 1. The Morgan fingerprint density at radius 1 is 1.28 bits per heavy atom. The van der Waals surface area contributed by atoms with E-state index in [1.807, 2.05) is 14.1 Å². The van der Waals surface area contributed by atoms with Crippen molar-refractivity contribution in [2.45, 2.75) is 6.42 Å². The van der Waals surface area contributed by atoms with E-state index in [1.54, 1.807) is 18.2 Å². The lowest BCUT2D eigenvalue weighted by atomic mass is 10.1. The van der Waals surface area contributed by atoms with Gasteiger partial charge in [-0.3, -0.25) is 4.79 Å². The van der Waals surface area contributed by atoms with E-state index >= 15 is 0 Å². The molecule has 0 spiro atoms. The van der Waals surface area contributed by atoms with Crippen LogP contribution in [-0.4, -0.2) is 44.4 Å². The molecule has 0 unspecified atom stereocenters. The topological polar surface area (TPSA) is 32.3 Å². The van der Waals surface area contributed by atoms with E-state index in [9.17, 15) is 4.79 Å². The van der Waals surface area contributed by atoms with Gasteiger partial charge in [0.25, 0.3) is 0 Å². The average Bonchev–Trinajstić information content (AvgIpc) is 2.31. The molecule has 0 radical (unpaired) electrons. The second kappa shape index (κ2) is 7.74. The zero-order valence-electron chi connectivity index (χ0n) is 10.7. The molecule has 100 valence electrons. The first-order valence-electron chi connectivity index (χ1n) is 5.84. The van der Waals surface area contributed by atoms with Crippen molar-refractivity contribution in [3.05, 3.63) is 33.8 Å². The van der Waals surface area contributed by atoms with Gasteiger partial charge < -0.3 is 10.2 Å². The molecule has 1 aromatic rings. The van der Waals surface area contributed by atoms with Crippen LogP contribution in [-0.2, 0) is 0 Å². The number of halogens is 2. The summed E-state index contributed by atoms with van der Waals surface area (Å²) in [5.41, 5.74) is 0.588. The quantitative estimate of drug-likeness (QED) is 0.619. The second-order valence-corrected chi connectivity index (χ2v) is 5.20. The van der Waals surface area contributed by atoms with Crippen molar-refractivity contribution in [2.75, 3.05) is 33.7 Å². The Morgan fingerprint density at radius 3 is 2.61 bits per heavy atom. The zero-order valence-corrected chi connectivity index (χ0v) is 12.2. The predicted octanol–water partition coefficient (Wildman–Crippen LogP) is 2.72. The summed E-state index contributed by atoms with van der Waals surface area (Å²) in [6.07, 6.45) is 1.02. The highest BCUT2D eigenvalue weighted by atomic mass is 35.5. The number of carbonyl (C=O) groups is 1. The van der Waals surface area contributed by atoms with Crippen LogP contribution in [0.15, 0.2) is 18.2 Å². The second-order valence-electron chi connectivity index (χ2n) is 4.39. The van der Waals surface area contributed by atoms with Gasteiger partial charge in [0.1, 0.15) is 0 Å². The van der Waals surface area contributed by atoms with E-state index in [1.165, 1.54) is 0 Å². The normalized spacial score (nSPS) is 10.9. The van der Waals surface area contributed by atoms with Crippen molar-refractivity contribution in [1.82, 2.24) is 10.2 Å². The van der Waals surface area contributed by atoms with Crippen LogP contribution < -0.4 is 5.32 Å². The van der Waals surface area contributed by atoms with Gasteiger partial charge in [-0.1, -0.05) is 23.2 Å². The van der Waals surface area contributed by atoms with E-state index in [-0.39, 0.29) is 5.78 Å². The third-order valence-corrected chi connectivity index (χ3v) is 3.23. The van der Waals surface area contributed by atoms with Crippen molar-refractivity contribution >= 4 is 29.0 Å². The highest BCUT2D eigenvalue weighted by Gasteiger charge is 2.07. The monoisotopic (exact) mass is 288 g/mol. The van der Waals surface area contributed by atoms with Gasteiger partial charge in [-0.05, 0) is 51.8 Å². The molecule has 1 N–H and O–H groups in total. The molecular weight excluding hydrogens is 271 g/mol. The zero-order chi connectivity index (χ0) is 13.5. The Bertz CT molecular complexity index is 408. The maximum absolute atomic E-state index is 11.8. The SMILES string of the molecule is CN(C)CCCNCC(=O)c1ccc(Cl)c(Cl)c1. The maximum Gasteiger partial charge on any atom is 0.176 e. The molecule has 0 bridgehead atoms. The van der Waals surface area contributed by atoms with Crippen LogP contribution in [0, 0.1) is 0 Å². The first-order valence-corrected chi connectivity index (χ1v) is 6.60. The van der Waals surface area contributed by atoms with Crippen molar-refractivity contribution in [3.63, 3.8) is 0 Å². The van der Waals surface area contributed by atoms with Gasteiger partial charge in [0.15, 0.2) is 5.78 Å². The minimum absolute atomic E-state index is 0.0263. The summed E-state index contributed by atoms with van der Waals surface area (Å²) in [4.78, 5) is 13.9. The highest BCUT2D eigenvalue weighted by molar-refractivity contribution is 6.42. The van der Waals surface area contributed by atoms with Crippen LogP contribution in [0.2, 0.25) is 10.0 Å². The number of rotatable bonds is 7. The molecule has 0 aliphatic carbocycles. The summed E-state index contributed by atoms with van der Waals surface area (Å²) >= 11 is 11.7. The molecule has 1 aromatic carbocycles. The number of Topliss-reactive ketones (excluding diaryl/α,β-unsaturated/α-hetero) is 1. The Labute approximate surface area is 118 Å². The molecule has 0 fully saturated rings. The van der Waals surface area contributed by atoms with Gasteiger partial charge in [-0.15, -0.1) is 0 Å². The number of nitrogens with one attached hydrogen (secondary N) is 1. The van der Waals surface area contributed by atoms with Gasteiger partial charge in [-0.25, -0.2) is 0 Å². The predicted molar refractivity (Wildman–Crippen MR) is 76.8 cm³/mol. The molecule has 0 heterocycles. The lowest BCUT2D eigenvalue weighted by Crippen LogP contribution is -2.26. The summed E-state index contributed by atoms with van der Waals surface area (Å²) in [6, 6.07) is 4.94. The van der Waals surface area contributed by atoms with E-state index in [0.717, 1.165) is 19.5 Å². The van der Waals surface area contributed by atoms with Crippen LogP contribution in [0.25, 0.3) is 0 Å². The molecule has 0 saturated carbocycles. The molecule has 0 saturated heterocycles. The largest absolute Gasteiger partial charge is 0.310 e. The Morgan fingerprint density at radius 2 is 2.00 bits per heavy atom. The molecule has 0 aromatic heterocycles. The van der Waals surface area contributed by atoms with Crippen LogP contribution in [0.1, 0.15) is 16.8 Å². The van der Waals surface area contributed by atoms with Crippen molar-refractivity contribution in [3.8, 4) is 0 Å². The van der Waals surface area contributed by atoms with Gasteiger partial charge in [-0.2, -0.15) is 0 Å². The lowest BCUT2D eigenvalue weighted by molar-refractivity contribution is 0.0991. The number of hydrogen-bond acceptors (Lipinski definition) is 3. The molecule has 0 amide bonds. The van der Waals surface area contributed by atoms with Crippen molar-refractivity contribution < 1.29 is 4.79 Å². The average molecular weight is 289 g/mol.